The largest absolute Gasteiger partial charge is 0.333 e. The van der Waals surface area contributed by atoms with E-state index >= 15 is 0 Å². The van der Waals surface area contributed by atoms with Crippen molar-refractivity contribution >= 4 is 11.8 Å². The number of hydrogen-bond acceptors (Lipinski definition) is 3. The predicted octanol–water partition coefficient (Wildman–Crippen LogP) is 0.315. The van der Waals surface area contributed by atoms with Gasteiger partial charge in [0.25, 0.3) is 0 Å². The van der Waals surface area contributed by atoms with Crippen molar-refractivity contribution in [2.75, 3.05) is 13.6 Å². The highest BCUT2D eigenvalue weighted by molar-refractivity contribution is 5.77. The molecule has 5 nitrogen and oxygen atoms in total. The standard InChI is InChI=1S/C12H23N3O2/c1-8-7-15(5)9(2)6-12(8,13-10(3)16)14-11(4)17/h8-9H,6-7H2,1-5H3,(H,13,16)(H,14,17)/t8-,9-/m1/s1. The lowest BCUT2D eigenvalue weighted by Crippen LogP contribution is -2.69. The Balaban J connectivity index is 2.95. The molecule has 1 heterocycles. The van der Waals surface area contributed by atoms with Crippen LogP contribution in [-0.2, 0) is 9.59 Å². The number of carbonyl (C=O) groups is 2. The molecule has 1 aliphatic heterocycles. The first-order chi connectivity index (χ1) is 7.77. The van der Waals surface area contributed by atoms with Gasteiger partial charge >= 0.3 is 0 Å². The van der Waals surface area contributed by atoms with Gasteiger partial charge in [0.05, 0.1) is 0 Å². The fraction of sp³-hybridized carbons (Fsp3) is 0.833. The van der Waals surface area contributed by atoms with E-state index in [0.717, 1.165) is 13.0 Å². The Morgan fingerprint density at radius 3 is 2.06 bits per heavy atom. The predicted molar refractivity (Wildman–Crippen MR) is 66.2 cm³/mol. The first-order valence-electron chi connectivity index (χ1n) is 6.04. The summed E-state index contributed by atoms with van der Waals surface area (Å²) in [6.07, 6.45) is 0.726. The number of hydrogen-bond donors (Lipinski definition) is 2. The second kappa shape index (κ2) is 5.04. The molecule has 0 aromatic carbocycles. The average molecular weight is 241 g/mol. The summed E-state index contributed by atoms with van der Waals surface area (Å²) in [5, 5.41) is 5.86. The summed E-state index contributed by atoms with van der Waals surface area (Å²) >= 11 is 0. The minimum Gasteiger partial charge on any atom is -0.333 e. The lowest BCUT2D eigenvalue weighted by Gasteiger charge is -2.49. The molecular formula is C12H23N3O2. The van der Waals surface area contributed by atoms with Crippen molar-refractivity contribution in [2.24, 2.45) is 5.92 Å². The van der Waals surface area contributed by atoms with Crippen molar-refractivity contribution in [2.45, 2.75) is 45.8 Å². The van der Waals surface area contributed by atoms with Gasteiger partial charge < -0.3 is 15.5 Å². The van der Waals surface area contributed by atoms with Gasteiger partial charge in [-0.05, 0) is 14.0 Å². The quantitative estimate of drug-likeness (QED) is 0.684. The number of nitrogens with one attached hydrogen (secondary N) is 2. The van der Waals surface area contributed by atoms with Crippen LogP contribution >= 0.6 is 0 Å². The average Bonchev–Trinajstić information content (AvgIpc) is 2.12. The number of amides is 2. The topological polar surface area (TPSA) is 61.4 Å². The molecule has 1 fully saturated rings. The van der Waals surface area contributed by atoms with E-state index in [-0.39, 0.29) is 17.7 Å². The molecule has 2 amide bonds. The van der Waals surface area contributed by atoms with Gasteiger partial charge in [-0.1, -0.05) is 6.92 Å². The second-order valence-corrected chi connectivity index (χ2v) is 5.23. The molecule has 1 saturated heterocycles. The van der Waals surface area contributed by atoms with E-state index in [0.29, 0.717) is 6.04 Å². The Labute approximate surface area is 103 Å². The third kappa shape index (κ3) is 3.19. The van der Waals surface area contributed by atoms with Gasteiger partial charge in [-0.15, -0.1) is 0 Å². The number of likely N-dealkylation sites (tertiary alicyclic amines) is 1. The van der Waals surface area contributed by atoms with Crippen molar-refractivity contribution in [3.8, 4) is 0 Å². The van der Waals surface area contributed by atoms with Crippen LogP contribution in [0.15, 0.2) is 0 Å². The number of carbonyl (C=O) groups excluding carboxylic acids is 2. The fourth-order valence-corrected chi connectivity index (χ4v) is 2.60. The summed E-state index contributed by atoms with van der Waals surface area (Å²) in [6, 6.07) is 0.324. The van der Waals surface area contributed by atoms with Crippen LogP contribution in [0, 0.1) is 5.92 Å². The molecule has 1 rings (SSSR count). The molecule has 1 aliphatic rings. The Bertz CT molecular complexity index is 301. The molecule has 0 saturated carbocycles. The maximum atomic E-state index is 11.4. The van der Waals surface area contributed by atoms with Gasteiger partial charge in [-0.2, -0.15) is 0 Å². The maximum absolute atomic E-state index is 11.4. The zero-order chi connectivity index (χ0) is 13.2. The van der Waals surface area contributed by atoms with E-state index in [1.165, 1.54) is 13.8 Å². The van der Waals surface area contributed by atoms with Crippen LogP contribution in [0.3, 0.4) is 0 Å². The van der Waals surface area contributed by atoms with Gasteiger partial charge in [0, 0.05) is 38.8 Å². The van der Waals surface area contributed by atoms with Gasteiger partial charge in [-0.25, -0.2) is 0 Å². The van der Waals surface area contributed by atoms with Crippen LogP contribution in [-0.4, -0.2) is 42.0 Å². The number of rotatable bonds is 2. The summed E-state index contributed by atoms with van der Waals surface area (Å²) < 4.78 is 0. The van der Waals surface area contributed by atoms with Crippen LogP contribution in [0.4, 0.5) is 0 Å². The van der Waals surface area contributed by atoms with Crippen molar-refractivity contribution in [1.29, 1.82) is 0 Å². The lowest BCUT2D eigenvalue weighted by atomic mass is 9.82. The molecule has 0 bridgehead atoms. The highest BCUT2D eigenvalue weighted by Gasteiger charge is 2.43. The maximum Gasteiger partial charge on any atom is 0.218 e. The van der Waals surface area contributed by atoms with Crippen LogP contribution in [0.1, 0.15) is 34.1 Å². The van der Waals surface area contributed by atoms with Gasteiger partial charge in [-0.3, -0.25) is 9.59 Å². The van der Waals surface area contributed by atoms with Crippen LogP contribution in [0.2, 0.25) is 0 Å². The summed E-state index contributed by atoms with van der Waals surface area (Å²) in [5.74, 6) is -0.0405. The van der Waals surface area contributed by atoms with E-state index in [9.17, 15) is 9.59 Å². The molecule has 0 radical (unpaired) electrons. The third-order valence-corrected chi connectivity index (χ3v) is 3.57. The summed E-state index contributed by atoms with van der Waals surface area (Å²) in [4.78, 5) is 25.0. The van der Waals surface area contributed by atoms with Crippen molar-refractivity contribution in [3.05, 3.63) is 0 Å². The SMILES string of the molecule is CC(=O)NC1(NC(C)=O)C[C@@H](C)N(C)C[C@H]1C. The number of piperidine rings is 1. The summed E-state index contributed by atoms with van der Waals surface area (Å²) in [7, 11) is 2.06. The smallest absolute Gasteiger partial charge is 0.218 e. The van der Waals surface area contributed by atoms with Gasteiger partial charge in [0.1, 0.15) is 5.66 Å². The number of nitrogens with zero attached hydrogens (tertiary/aromatic N) is 1. The van der Waals surface area contributed by atoms with E-state index in [1.54, 1.807) is 0 Å². The fourth-order valence-electron chi connectivity index (χ4n) is 2.60. The zero-order valence-electron chi connectivity index (χ0n) is 11.3. The zero-order valence-corrected chi connectivity index (χ0v) is 11.3. The van der Waals surface area contributed by atoms with Crippen LogP contribution < -0.4 is 10.6 Å². The molecule has 5 heteroatoms. The normalized spacial score (nSPS) is 28.5. The molecule has 2 atom stereocenters. The monoisotopic (exact) mass is 241 g/mol. The first kappa shape index (κ1) is 14.0. The highest BCUT2D eigenvalue weighted by Crippen LogP contribution is 2.28. The Morgan fingerprint density at radius 1 is 1.18 bits per heavy atom. The Morgan fingerprint density at radius 2 is 1.65 bits per heavy atom. The first-order valence-corrected chi connectivity index (χ1v) is 6.04. The summed E-state index contributed by atoms with van der Waals surface area (Å²) in [5.41, 5.74) is -0.608. The molecule has 0 aliphatic carbocycles. The minimum absolute atomic E-state index is 0.109. The Kier molecular flexibility index (Phi) is 4.14. The summed E-state index contributed by atoms with van der Waals surface area (Å²) in [6.45, 7) is 7.97. The molecular weight excluding hydrogens is 218 g/mol. The van der Waals surface area contributed by atoms with E-state index in [2.05, 4.69) is 29.5 Å². The second-order valence-electron chi connectivity index (χ2n) is 5.23. The molecule has 2 N–H and O–H groups in total. The lowest BCUT2D eigenvalue weighted by molar-refractivity contribution is -0.128. The van der Waals surface area contributed by atoms with E-state index in [4.69, 9.17) is 0 Å². The molecule has 0 spiro atoms. The third-order valence-electron chi connectivity index (χ3n) is 3.57. The van der Waals surface area contributed by atoms with Gasteiger partial charge in [0.2, 0.25) is 11.8 Å². The van der Waals surface area contributed by atoms with Crippen molar-refractivity contribution in [3.63, 3.8) is 0 Å². The van der Waals surface area contributed by atoms with E-state index < -0.39 is 5.66 Å². The molecule has 0 unspecified atom stereocenters. The molecule has 0 aromatic rings. The van der Waals surface area contributed by atoms with E-state index in [1.807, 2.05) is 6.92 Å². The van der Waals surface area contributed by atoms with Crippen LogP contribution in [0.5, 0.6) is 0 Å². The molecule has 98 valence electrons. The van der Waals surface area contributed by atoms with Crippen LogP contribution in [0.25, 0.3) is 0 Å². The van der Waals surface area contributed by atoms with Gasteiger partial charge in [0.15, 0.2) is 0 Å². The molecule has 17 heavy (non-hydrogen) atoms. The van der Waals surface area contributed by atoms with Crippen molar-refractivity contribution in [1.82, 2.24) is 15.5 Å². The molecule has 0 aromatic heterocycles. The highest BCUT2D eigenvalue weighted by atomic mass is 16.2. The van der Waals surface area contributed by atoms with Crippen molar-refractivity contribution < 1.29 is 9.59 Å². The Hall–Kier alpha value is -1.10. The minimum atomic E-state index is -0.608.